The van der Waals surface area contributed by atoms with Crippen molar-refractivity contribution in [1.29, 1.82) is 0 Å². The van der Waals surface area contributed by atoms with E-state index in [1.165, 1.54) is 33.4 Å². The van der Waals surface area contributed by atoms with Crippen LogP contribution in [0.5, 0.6) is 0 Å². The summed E-state index contributed by atoms with van der Waals surface area (Å²) in [7, 11) is 0. The monoisotopic (exact) mass is 648 g/mol. The first-order valence-electron chi connectivity index (χ1n) is 14.2. The smallest absolute Gasteiger partial charge is 1.00 e. The minimum Gasteiger partial charge on any atom is -1.00 e. The molecule has 0 fully saturated rings. The molecule has 0 heterocycles. The number of benzene rings is 3. The fraction of sp³-hybridized carbons (Fsp3) is 0.378. The van der Waals surface area contributed by atoms with Crippen molar-refractivity contribution in [1.82, 2.24) is 0 Å². The Morgan fingerprint density at radius 1 is 0.700 bits per heavy atom. The van der Waals surface area contributed by atoms with Crippen LogP contribution in [0.3, 0.4) is 0 Å². The summed E-state index contributed by atoms with van der Waals surface area (Å²) in [5, 5.41) is 0. The summed E-state index contributed by atoms with van der Waals surface area (Å²) >= 11 is -2.33. The summed E-state index contributed by atoms with van der Waals surface area (Å²) < 4.78 is 4.01. The zero-order chi connectivity index (χ0) is 27.6. The third kappa shape index (κ3) is 5.86. The number of hydrogen-bond donors (Lipinski definition) is 0. The summed E-state index contributed by atoms with van der Waals surface area (Å²) in [6, 6.07) is 25.9. The van der Waals surface area contributed by atoms with E-state index in [9.17, 15) is 0 Å². The molecule has 0 bridgehead atoms. The topological polar surface area (TPSA) is 0 Å². The van der Waals surface area contributed by atoms with Gasteiger partial charge < -0.3 is 24.8 Å². The minimum atomic E-state index is -2.33. The molecule has 0 aromatic heterocycles. The van der Waals surface area contributed by atoms with Gasteiger partial charge in [-0.2, -0.15) is 0 Å². The van der Waals surface area contributed by atoms with Crippen LogP contribution in [0, 0.1) is 5.92 Å². The van der Waals surface area contributed by atoms with Crippen molar-refractivity contribution in [2.45, 2.75) is 83.7 Å². The second-order valence-electron chi connectivity index (χ2n) is 13.7. The Morgan fingerprint density at radius 2 is 1.18 bits per heavy atom. The predicted molar refractivity (Wildman–Crippen MR) is 164 cm³/mol. The molecule has 2 aliphatic carbocycles. The SMILES string of the molecule is CC1=[C]([Zr+2](=[C](C)C)[CH]2c3ccc(C(C)(C)C)cc3-c3cc(C(C)(C)C)ccc32)C(C)C=C1c1ccccc1.[Cl-].[Cl-]. The Hall–Kier alpha value is -1.53. The van der Waals surface area contributed by atoms with Crippen LogP contribution in [0.4, 0.5) is 0 Å². The van der Waals surface area contributed by atoms with Gasteiger partial charge in [0.15, 0.2) is 0 Å². The Bertz CT molecular complexity index is 1440. The van der Waals surface area contributed by atoms with E-state index in [1.54, 1.807) is 23.2 Å². The second-order valence-corrected chi connectivity index (χ2v) is 21.0. The number of hydrogen-bond acceptors (Lipinski definition) is 0. The van der Waals surface area contributed by atoms with Crippen LogP contribution in [-0.4, -0.2) is 3.21 Å². The van der Waals surface area contributed by atoms with Crippen LogP contribution in [0.15, 0.2) is 81.7 Å². The first-order valence-corrected chi connectivity index (χ1v) is 18.1. The zero-order valence-electron chi connectivity index (χ0n) is 25.8. The molecule has 3 aromatic rings. The molecule has 1 atom stereocenters. The van der Waals surface area contributed by atoms with Crippen LogP contribution in [0.2, 0.25) is 0 Å². The van der Waals surface area contributed by atoms with Crippen molar-refractivity contribution in [2.75, 3.05) is 0 Å². The minimum absolute atomic E-state index is 0. The maximum Gasteiger partial charge on any atom is -1.00 e. The molecule has 0 aliphatic heterocycles. The molecule has 3 heteroatoms. The first kappa shape index (κ1) is 33.0. The molecule has 1 unspecified atom stereocenters. The van der Waals surface area contributed by atoms with E-state index in [4.69, 9.17) is 0 Å². The van der Waals surface area contributed by atoms with Gasteiger partial charge in [-0.05, 0) is 0 Å². The van der Waals surface area contributed by atoms with E-state index in [1.807, 2.05) is 0 Å². The first-order chi connectivity index (χ1) is 17.8. The molecule has 0 nitrogen and oxygen atoms in total. The van der Waals surface area contributed by atoms with Crippen molar-refractivity contribution < 1.29 is 46.1 Å². The molecule has 0 N–H and O–H groups in total. The maximum absolute atomic E-state index is 2.55. The molecule has 5 rings (SSSR count). The van der Waals surface area contributed by atoms with Crippen LogP contribution >= 0.6 is 0 Å². The van der Waals surface area contributed by atoms with E-state index in [0.29, 0.717) is 9.54 Å². The van der Waals surface area contributed by atoms with Gasteiger partial charge in [0.2, 0.25) is 0 Å². The molecule has 0 spiro atoms. The zero-order valence-corrected chi connectivity index (χ0v) is 29.8. The van der Waals surface area contributed by atoms with Crippen molar-refractivity contribution in [3.63, 3.8) is 0 Å². The van der Waals surface area contributed by atoms with Crippen molar-refractivity contribution in [3.8, 4) is 11.1 Å². The number of halogens is 2. The van der Waals surface area contributed by atoms with Gasteiger partial charge in [-0.15, -0.1) is 0 Å². The number of fused-ring (bicyclic) bond motifs is 3. The van der Waals surface area contributed by atoms with E-state index in [2.05, 4.69) is 142 Å². The van der Waals surface area contributed by atoms with Crippen molar-refractivity contribution >= 4 is 8.78 Å². The average molecular weight is 651 g/mol. The molecule has 40 heavy (non-hydrogen) atoms. The standard InChI is InChI=1S/C21H25.C13H13.C3H6.2ClH.Zr/c1-20(2,3)16-9-7-14-11-15-8-10-17(21(4,5)6)13-19(15)18(14)12-16;1-10-8-11(2)13(9-10)12-6-4-3-5-7-12;1-3-2;;;/h7-13H,1-6H3;3-7,9-10H,1-2H3;1-2H3;2*1H;/q;;;;;+2/p-2. The summed E-state index contributed by atoms with van der Waals surface area (Å²) in [6.07, 6.45) is 2.55. The van der Waals surface area contributed by atoms with E-state index >= 15 is 0 Å². The molecular formula is C37H44Cl2Zr. The fourth-order valence-electron chi connectivity index (χ4n) is 6.53. The largest absolute Gasteiger partial charge is 1.00 e. The van der Waals surface area contributed by atoms with Crippen LogP contribution in [0.1, 0.15) is 101 Å². The van der Waals surface area contributed by atoms with Gasteiger partial charge in [-0.1, -0.05) is 0 Å². The van der Waals surface area contributed by atoms with E-state index in [0.717, 1.165) is 0 Å². The quantitative estimate of drug-likeness (QED) is 0.399. The molecular weight excluding hydrogens is 607 g/mol. The van der Waals surface area contributed by atoms with Gasteiger partial charge >= 0.3 is 240 Å². The Labute approximate surface area is 263 Å². The summed E-state index contributed by atoms with van der Waals surface area (Å²) in [5.41, 5.74) is 13.6. The molecule has 0 saturated heterocycles. The van der Waals surface area contributed by atoms with Gasteiger partial charge in [0.1, 0.15) is 0 Å². The Morgan fingerprint density at radius 3 is 1.60 bits per heavy atom. The number of rotatable bonds is 3. The predicted octanol–water partition coefficient (Wildman–Crippen LogP) is 4.20. The normalized spacial score (nSPS) is 16.3. The molecule has 0 amide bonds. The second kappa shape index (κ2) is 12.0. The van der Waals surface area contributed by atoms with Crippen LogP contribution in [-0.2, 0) is 32.1 Å². The summed E-state index contributed by atoms with van der Waals surface area (Å²) in [6.45, 7) is 23.7. The molecule has 3 aromatic carbocycles. The van der Waals surface area contributed by atoms with Crippen LogP contribution in [0.25, 0.3) is 16.7 Å². The van der Waals surface area contributed by atoms with Crippen molar-refractivity contribution in [3.05, 3.63) is 109 Å². The van der Waals surface area contributed by atoms with Gasteiger partial charge in [-0.25, -0.2) is 0 Å². The molecule has 210 valence electrons. The Balaban J connectivity index is 0.00000220. The van der Waals surface area contributed by atoms with E-state index < -0.39 is 21.3 Å². The van der Waals surface area contributed by atoms with Crippen molar-refractivity contribution in [2.24, 2.45) is 5.92 Å². The third-order valence-corrected chi connectivity index (χ3v) is 17.7. The average Bonchev–Trinajstić information content (AvgIpc) is 3.32. The van der Waals surface area contributed by atoms with E-state index in [-0.39, 0.29) is 35.6 Å². The van der Waals surface area contributed by atoms with Gasteiger partial charge in [0, 0.05) is 0 Å². The maximum atomic E-state index is 2.55. The molecule has 0 radical (unpaired) electrons. The summed E-state index contributed by atoms with van der Waals surface area (Å²) in [4.78, 5) is 0. The third-order valence-electron chi connectivity index (χ3n) is 8.63. The van der Waals surface area contributed by atoms with Gasteiger partial charge in [0.05, 0.1) is 0 Å². The van der Waals surface area contributed by atoms with Crippen LogP contribution < -0.4 is 24.8 Å². The number of allylic oxidation sites excluding steroid dienone is 4. The summed E-state index contributed by atoms with van der Waals surface area (Å²) in [5.74, 6) is 0.504. The molecule has 2 aliphatic rings. The fourth-order valence-corrected chi connectivity index (χ4v) is 15.5. The van der Waals surface area contributed by atoms with Gasteiger partial charge in [0.25, 0.3) is 0 Å². The van der Waals surface area contributed by atoms with Gasteiger partial charge in [-0.3, -0.25) is 0 Å². The Kier molecular flexibility index (Phi) is 9.89. The molecule has 0 saturated carbocycles.